The zero-order valence-corrected chi connectivity index (χ0v) is 12.9. The van der Waals surface area contributed by atoms with E-state index in [2.05, 4.69) is 58.6 Å². The highest BCUT2D eigenvalue weighted by atomic mass is 32.2. The maximum atomic E-state index is 3.61. The van der Waals surface area contributed by atoms with Crippen molar-refractivity contribution in [2.24, 2.45) is 11.3 Å². The Balaban J connectivity index is 3.79. The highest BCUT2D eigenvalue weighted by Crippen LogP contribution is 2.22. The molecular weight excluding hydrogens is 214 g/mol. The van der Waals surface area contributed by atoms with Gasteiger partial charge in [-0.1, -0.05) is 41.5 Å². The summed E-state index contributed by atoms with van der Waals surface area (Å²) >= 11 is 2.10. The topological polar surface area (TPSA) is 12.0 Å². The van der Waals surface area contributed by atoms with Gasteiger partial charge in [0.1, 0.15) is 0 Å². The van der Waals surface area contributed by atoms with Crippen LogP contribution in [0.25, 0.3) is 0 Å². The van der Waals surface area contributed by atoms with Crippen LogP contribution in [0.5, 0.6) is 0 Å². The van der Waals surface area contributed by atoms with Crippen molar-refractivity contribution in [1.29, 1.82) is 0 Å². The molecule has 0 aromatic rings. The Kier molecular flexibility index (Phi) is 8.57. The molecule has 0 fully saturated rings. The highest BCUT2D eigenvalue weighted by Gasteiger charge is 2.14. The van der Waals surface area contributed by atoms with E-state index in [0.29, 0.717) is 11.5 Å². The summed E-state index contributed by atoms with van der Waals surface area (Å²) in [6.45, 7) is 14.9. The van der Waals surface area contributed by atoms with Crippen molar-refractivity contribution in [1.82, 2.24) is 5.32 Å². The summed E-state index contributed by atoms with van der Waals surface area (Å²) < 4.78 is 0. The second-order valence-electron chi connectivity index (χ2n) is 6.29. The summed E-state index contributed by atoms with van der Waals surface area (Å²) in [5, 5.41) is 3.61. The Morgan fingerprint density at radius 3 is 2.19 bits per heavy atom. The molecule has 0 radical (unpaired) electrons. The minimum absolute atomic E-state index is 0.469. The van der Waals surface area contributed by atoms with Crippen molar-refractivity contribution in [2.45, 2.75) is 60.4 Å². The highest BCUT2D eigenvalue weighted by molar-refractivity contribution is 7.99. The van der Waals surface area contributed by atoms with E-state index in [1.807, 2.05) is 0 Å². The predicted molar refractivity (Wildman–Crippen MR) is 78.3 cm³/mol. The van der Waals surface area contributed by atoms with Gasteiger partial charge in [-0.2, -0.15) is 11.8 Å². The van der Waals surface area contributed by atoms with Gasteiger partial charge in [0, 0.05) is 11.8 Å². The normalized spacial score (nSPS) is 14.4. The van der Waals surface area contributed by atoms with Gasteiger partial charge in [0.05, 0.1) is 0 Å². The molecule has 0 aliphatic heterocycles. The smallest absolute Gasteiger partial charge is 0.0158 e. The number of hydrogen-bond donors (Lipinski definition) is 1. The van der Waals surface area contributed by atoms with Crippen LogP contribution in [0.1, 0.15) is 54.4 Å². The molecule has 16 heavy (non-hydrogen) atoms. The summed E-state index contributed by atoms with van der Waals surface area (Å²) in [4.78, 5) is 0. The lowest BCUT2D eigenvalue weighted by Crippen LogP contribution is -2.32. The lowest BCUT2D eigenvalue weighted by atomic mass is 9.89. The molecule has 0 saturated heterocycles. The van der Waals surface area contributed by atoms with Crippen LogP contribution < -0.4 is 5.32 Å². The van der Waals surface area contributed by atoms with Gasteiger partial charge < -0.3 is 5.32 Å². The summed E-state index contributed by atoms with van der Waals surface area (Å²) in [6.07, 6.45) is 2.62. The molecule has 0 bridgehead atoms. The summed E-state index contributed by atoms with van der Waals surface area (Å²) in [5.74, 6) is 3.37. The molecule has 1 unspecified atom stereocenters. The van der Waals surface area contributed by atoms with Gasteiger partial charge in [0.25, 0.3) is 0 Å². The molecule has 0 amide bonds. The third-order valence-electron chi connectivity index (χ3n) is 2.51. The van der Waals surface area contributed by atoms with E-state index < -0.39 is 0 Å². The maximum Gasteiger partial charge on any atom is 0.0158 e. The summed E-state index contributed by atoms with van der Waals surface area (Å²) in [5.41, 5.74) is 0.469. The molecule has 0 saturated carbocycles. The van der Waals surface area contributed by atoms with Gasteiger partial charge in [-0.25, -0.2) is 0 Å². The molecule has 0 aliphatic rings. The van der Waals surface area contributed by atoms with Gasteiger partial charge in [-0.3, -0.25) is 0 Å². The lowest BCUT2D eigenvalue weighted by molar-refractivity contribution is 0.340. The standard InChI is InChI=1S/C14H31NS/c1-7-15-13(8-9-14(4,5)6)11-16-10-12(2)3/h12-13,15H,7-11H2,1-6H3. The van der Waals surface area contributed by atoms with Gasteiger partial charge >= 0.3 is 0 Å². The molecule has 0 rings (SSSR count). The molecule has 1 atom stereocenters. The molecule has 0 heterocycles. The van der Waals surface area contributed by atoms with Crippen LogP contribution in [0.15, 0.2) is 0 Å². The van der Waals surface area contributed by atoms with Crippen LogP contribution in [0, 0.1) is 11.3 Å². The average molecular weight is 245 g/mol. The Morgan fingerprint density at radius 2 is 1.75 bits per heavy atom. The van der Waals surface area contributed by atoms with Crippen molar-refractivity contribution in [3.05, 3.63) is 0 Å². The second kappa shape index (κ2) is 8.41. The Morgan fingerprint density at radius 1 is 1.12 bits per heavy atom. The van der Waals surface area contributed by atoms with Crippen molar-refractivity contribution in [3.8, 4) is 0 Å². The minimum Gasteiger partial charge on any atom is -0.313 e. The lowest BCUT2D eigenvalue weighted by Gasteiger charge is -2.23. The number of hydrogen-bond acceptors (Lipinski definition) is 2. The first-order valence-corrected chi connectivity index (χ1v) is 7.81. The molecule has 2 heteroatoms. The molecule has 0 aliphatic carbocycles. The molecule has 98 valence electrons. The molecule has 0 spiro atoms. The average Bonchev–Trinajstić information content (AvgIpc) is 2.12. The first-order valence-electron chi connectivity index (χ1n) is 6.66. The number of thioether (sulfide) groups is 1. The van der Waals surface area contributed by atoms with Gasteiger partial charge in [-0.15, -0.1) is 0 Å². The molecule has 1 N–H and O–H groups in total. The molecule has 0 aromatic heterocycles. The monoisotopic (exact) mass is 245 g/mol. The zero-order chi connectivity index (χ0) is 12.6. The van der Waals surface area contributed by atoms with Crippen molar-refractivity contribution < 1.29 is 0 Å². The van der Waals surface area contributed by atoms with E-state index in [-0.39, 0.29) is 0 Å². The van der Waals surface area contributed by atoms with E-state index in [1.54, 1.807) is 0 Å². The largest absolute Gasteiger partial charge is 0.313 e. The second-order valence-corrected chi connectivity index (χ2v) is 7.36. The van der Waals surface area contributed by atoms with Crippen LogP contribution in [0.4, 0.5) is 0 Å². The summed E-state index contributed by atoms with van der Waals surface area (Å²) in [6, 6.07) is 0.702. The minimum atomic E-state index is 0.469. The van der Waals surface area contributed by atoms with E-state index in [4.69, 9.17) is 0 Å². The molecular formula is C14H31NS. The maximum absolute atomic E-state index is 3.61. The van der Waals surface area contributed by atoms with E-state index in [0.717, 1.165) is 12.5 Å². The molecule has 1 nitrogen and oxygen atoms in total. The molecule has 0 aromatic carbocycles. The van der Waals surface area contributed by atoms with Crippen LogP contribution in [-0.4, -0.2) is 24.1 Å². The van der Waals surface area contributed by atoms with Crippen LogP contribution in [0.2, 0.25) is 0 Å². The van der Waals surface area contributed by atoms with Crippen molar-refractivity contribution in [3.63, 3.8) is 0 Å². The zero-order valence-electron chi connectivity index (χ0n) is 12.1. The number of nitrogens with one attached hydrogen (secondary N) is 1. The van der Waals surface area contributed by atoms with Crippen molar-refractivity contribution >= 4 is 11.8 Å². The van der Waals surface area contributed by atoms with Crippen LogP contribution >= 0.6 is 11.8 Å². The van der Waals surface area contributed by atoms with Crippen LogP contribution in [0.3, 0.4) is 0 Å². The Labute approximate surface area is 107 Å². The van der Waals surface area contributed by atoms with E-state index in [9.17, 15) is 0 Å². The number of rotatable bonds is 8. The van der Waals surface area contributed by atoms with Gasteiger partial charge in [0.2, 0.25) is 0 Å². The predicted octanol–water partition coefficient (Wildman–Crippen LogP) is 4.18. The first kappa shape index (κ1) is 16.3. The van der Waals surface area contributed by atoms with Gasteiger partial charge in [-0.05, 0) is 36.5 Å². The quantitative estimate of drug-likeness (QED) is 0.688. The SMILES string of the molecule is CCNC(CCC(C)(C)C)CSCC(C)C. The fourth-order valence-corrected chi connectivity index (χ4v) is 2.76. The van der Waals surface area contributed by atoms with E-state index in [1.165, 1.54) is 24.3 Å². The third-order valence-corrected chi connectivity index (χ3v) is 4.05. The van der Waals surface area contributed by atoms with Crippen LogP contribution in [-0.2, 0) is 0 Å². The Hall–Kier alpha value is 0.310. The van der Waals surface area contributed by atoms with E-state index >= 15 is 0 Å². The fourth-order valence-electron chi connectivity index (χ4n) is 1.59. The first-order chi connectivity index (χ1) is 7.35. The summed E-state index contributed by atoms with van der Waals surface area (Å²) in [7, 11) is 0. The third kappa shape index (κ3) is 10.8. The van der Waals surface area contributed by atoms with Gasteiger partial charge in [0.15, 0.2) is 0 Å². The van der Waals surface area contributed by atoms with Crippen molar-refractivity contribution in [2.75, 3.05) is 18.1 Å². The Bertz CT molecular complexity index is 161. The fraction of sp³-hybridized carbons (Fsp3) is 1.00.